The average Bonchev–Trinajstić information content (AvgIpc) is 2.87. The van der Waals surface area contributed by atoms with Gasteiger partial charge in [0.25, 0.3) is 11.8 Å². The van der Waals surface area contributed by atoms with Gasteiger partial charge in [0.1, 0.15) is 12.6 Å². The average molecular weight is 494 g/mol. The molecule has 7 heteroatoms. The third-order valence-corrected chi connectivity index (χ3v) is 7.38. The Labute approximate surface area is 210 Å². The Balaban J connectivity index is 1.10. The number of nitrogens with zero attached hydrogens (tertiary/aromatic N) is 1. The van der Waals surface area contributed by atoms with Gasteiger partial charge in [-0.1, -0.05) is 48.0 Å². The summed E-state index contributed by atoms with van der Waals surface area (Å²) in [7, 11) is 0. The van der Waals surface area contributed by atoms with Crippen LogP contribution < -0.4 is 4.90 Å². The van der Waals surface area contributed by atoms with Crippen molar-refractivity contribution in [3.05, 3.63) is 82.4 Å². The highest BCUT2D eigenvalue weighted by atomic mass is 35.5. The summed E-state index contributed by atoms with van der Waals surface area (Å²) in [5.74, 6) is -0.112. The minimum absolute atomic E-state index is 0.192. The lowest BCUT2D eigenvalue weighted by Gasteiger charge is -2.34. The largest absolute Gasteiger partial charge is 0.385 e. The fraction of sp³-hybridized carbons (Fsp3) is 0.357. The van der Waals surface area contributed by atoms with Gasteiger partial charge in [-0.15, -0.1) is 0 Å². The van der Waals surface area contributed by atoms with Gasteiger partial charge in [0.05, 0.1) is 26.3 Å². The summed E-state index contributed by atoms with van der Waals surface area (Å²) in [4.78, 5) is 29.1. The fourth-order valence-electron chi connectivity index (χ4n) is 5.26. The molecule has 0 aromatic heterocycles. The standard InChI is InChI=1S/C28H29ClN2O4/c29-22-9-7-20(8-10-22)17-35-18-23(32)16-30-13-11-19(12-14-30)15-31-27(33)24-5-1-3-21-4-2-6-25(26(21)24)28(31)34/h1-10,19,23,32H,11-18H2/p+1/t23-/m1/s1. The first-order chi connectivity index (χ1) is 17.0. The molecule has 0 saturated carbocycles. The number of piperidine rings is 1. The van der Waals surface area contributed by atoms with Crippen LogP contribution in [0.4, 0.5) is 0 Å². The molecule has 1 saturated heterocycles. The zero-order valence-corrected chi connectivity index (χ0v) is 20.3. The van der Waals surface area contributed by atoms with Crippen molar-refractivity contribution in [3.8, 4) is 0 Å². The maximum absolute atomic E-state index is 13.2. The Morgan fingerprint density at radius 1 is 0.971 bits per heavy atom. The van der Waals surface area contributed by atoms with Crippen LogP contribution in [0.1, 0.15) is 39.1 Å². The van der Waals surface area contributed by atoms with Crippen molar-refractivity contribution in [3.63, 3.8) is 0 Å². The topological polar surface area (TPSA) is 71.3 Å². The predicted octanol–water partition coefficient (Wildman–Crippen LogP) is 2.96. The molecule has 2 N–H and O–H groups in total. The van der Waals surface area contributed by atoms with E-state index in [0.717, 1.165) is 42.3 Å². The molecule has 1 fully saturated rings. The molecule has 182 valence electrons. The first kappa shape index (κ1) is 23.9. The molecule has 2 amide bonds. The van der Waals surface area contributed by atoms with E-state index in [9.17, 15) is 14.7 Å². The van der Waals surface area contributed by atoms with Crippen LogP contribution in [0.3, 0.4) is 0 Å². The molecule has 0 bridgehead atoms. The molecule has 0 radical (unpaired) electrons. The van der Waals surface area contributed by atoms with Crippen LogP contribution in [0.2, 0.25) is 5.02 Å². The number of carbonyl (C=O) groups is 2. The number of quaternary nitrogens is 1. The number of hydrogen-bond donors (Lipinski definition) is 2. The van der Waals surface area contributed by atoms with Gasteiger partial charge in [-0.25, -0.2) is 0 Å². The van der Waals surface area contributed by atoms with Crippen molar-refractivity contribution in [2.24, 2.45) is 5.92 Å². The molecule has 3 aromatic carbocycles. The number of aliphatic hydroxyl groups excluding tert-OH is 1. The summed E-state index contributed by atoms with van der Waals surface area (Å²) in [6.07, 6.45) is 1.30. The second-order valence-corrected chi connectivity index (χ2v) is 10.1. The maximum Gasteiger partial charge on any atom is 0.261 e. The summed E-state index contributed by atoms with van der Waals surface area (Å²) in [5.41, 5.74) is 2.25. The van der Waals surface area contributed by atoms with Gasteiger partial charge in [0, 0.05) is 40.9 Å². The number of rotatable bonds is 8. The fourth-order valence-corrected chi connectivity index (χ4v) is 5.39. The highest BCUT2D eigenvalue weighted by Gasteiger charge is 2.35. The number of aliphatic hydroxyl groups is 1. The van der Waals surface area contributed by atoms with E-state index in [2.05, 4.69) is 0 Å². The summed E-state index contributed by atoms with van der Waals surface area (Å²) in [5, 5.41) is 12.8. The lowest BCUT2D eigenvalue weighted by molar-refractivity contribution is -0.909. The molecule has 0 aliphatic carbocycles. The number of nitrogens with one attached hydrogen (secondary N) is 1. The van der Waals surface area contributed by atoms with Gasteiger partial charge in [-0.3, -0.25) is 14.5 Å². The van der Waals surface area contributed by atoms with Gasteiger partial charge < -0.3 is 14.7 Å². The van der Waals surface area contributed by atoms with E-state index in [4.69, 9.17) is 16.3 Å². The minimum atomic E-state index is -0.531. The second kappa shape index (κ2) is 10.5. The first-order valence-corrected chi connectivity index (χ1v) is 12.6. The van der Waals surface area contributed by atoms with E-state index in [-0.39, 0.29) is 24.3 Å². The van der Waals surface area contributed by atoms with Gasteiger partial charge in [0.15, 0.2) is 0 Å². The zero-order valence-electron chi connectivity index (χ0n) is 19.6. The molecular formula is C28H30ClN2O4+. The summed E-state index contributed by atoms with van der Waals surface area (Å²) >= 11 is 5.90. The number of ether oxygens (including phenoxy) is 1. The molecular weight excluding hydrogens is 464 g/mol. The number of likely N-dealkylation sites (tertiary alicyclic amines) is 1. The van der Waals surface area contributed by atoms with Crippen LogP contribution in [0, 0.1) is 5.92 Å². The van der Waals surface area contributed by atoms with E-state index >= 15 is 0 Å². The summed E-state index contributed by atoms with van der Waals surface area (Å²) < 4.78 is 5.67. The number of halogens is 1. The lowest BCUT2D eigenvalue weighted by Crippen LogP contribution is -3.14. The number of hydrogen-bond acceptors (Lipinski definition) is 4. The monoisotopic (exact) mass is 493 g/mol. The van der Waals surface area contributed by atoms with Crippen LogP contribution in [0.15, 0.2) is 60.7 Å². The molecule has 0 unspecified atom stereocenters. The van der Waals surface area contributed by atoms with Gasteiger partial charge >= 0.3 is 0 Å². The number of imide groups is 1. The highest BCUT2D eigenvalue weighted by molar-refractivity contribution is 6.30. The van der Waals surface area contributed by atoms with Crippen molar-refractivity contribution >= 4 is 34.2 Å². The number of carbonyl (C=O) groups excluding carboxylic acids is 2. The van der Waals surface area contributed by atoms with Crippen LogP contribution in [-0.2, 0) is 11.3 Å². The van der Waals surface area contributed by atoms with Crippen molar-refractivity contribution in [2.45, 2.75) is 25.6 Å². The Kier molecular flexibility index (Phi) is 7.16. The third kappa shape index (κ3) is 5.26. The number of benzene rings is 3. The van der Waals surface area contributed by atoms with Crippen LogP contribution in [-0.4, -0.2) is 60.7 Å². The smallest absolute Gasteiger partial charge is 0.261 e. The Morgan fingerprint density at radius 2 is 1.60 bits per heavy atom. The molecule has 1 atom stereocenters. The summed E-state index contributed by atoms with van der Waals surface area (Å²) in [6, 6.07) is 18.8. The normalized spacial score (nSPS) is 20.9. The van der Waals surface area contributed by atoms with E-state index < -0.39 is 6.10 Å². The molecule has 0 spiro atoms. The van der Waals surface area contributed by atoms with Crippen LogP contribution in [0.25, 0.3) is 10.8 Å². The van der Waals surface area contributed by atoms with Crippen molar-refractivity contribution < 1.29 is 24.3 Å². The molecule has 5 rings (SSSR count). The SMILES string of the molecule is O=C1c2cccc3cccc(c23)C(=O)N1CC1CC[NH+](C[C@@H](O)COCc2ccc(Cl)cc2)CC1. The molecule has 2 aliphatic rings. The van der Waals surface area contributed by atoms with Crippen LogP contribution >= 0.6 is 11.6 Å². The van der Waals surface area contributed by atoms with E-state index in [1.54, 1.807) is 0 Å². The quantitative estimate of drug-likeness (QED) is 0.473. The van der Waals surface area contributed by atoms with E-state index in [1.807, 2.05) is 60.7 Å². The first-order valence-electron chi connectivity index (χ1n) is 12.2. The Hall–Kier alpha value is -2.77. The Morgan fingerprint density at radius 3 is 2.23 bits per heavy atom. The molecule has 2 aliphatic heterocycles. The molecule has 6 nitrogen and oxygen atoms in total. The van der Waals surface area contributed by atoms with Gasteiger partial charge in [-0.2, -0.15) is 0 Å². The van der Waals surface area contributed by atoms with E-state index in [1.165, 1.54) is 9.80 Å². The number of amides is 2. The maximum atomic E-state index is 13.2. The molecule has 35 heavy (non-hydrogen) atoms. The minimum Gasteiger partial charge on any atom is -0.385 e. The van der Waals surface area contributed by atoms with E-state index in [0.29, 0.717) is 35.8 Å². The third-order valence-electron chi connectivity index (χ3n) is 7.13. The second-order valence-electron chi connectivity index (χ2n) is 9.62. The predicted molar refractivity (Wildman–Crippen MR) is 135 cm³/mol. The van der Waals surface area contributed by atoms with Crippen LogP contribution in [0.5, 0.6) is 0 Å². The zero-order chi connectivity index (χ0) is 24.4. The molecule has 3 aromatic rings. The van der Waals surface area contributed by atoms with Crippen molar-refractivity contribution in [2.75, 3.05) is 32.8 Å². The van der Waals surface area contributed by atoms with Gasteiger partial charge in [-0.05, 0) is 41.1 Å². The Bertz CT molecular complexity index is 1170. The van der Waals surface area contributed by atoms with Gasteiger partial charge in [0.2, 0.25) is 0 Å². The van der Waals surface area contributed by atoms with Crippen molar-refractivity contribution in [1.29, 1.82) is 0 Å². The lowest BCUT2D eigenvalue weighted by atomic mass is 9.91. The summed E-state index contributed by atoms with van der Waals surface area (Å²) in [6.45, 7) is 3.62. The van der Waals surface area contributed by atoms with Crippen molar-refractivity contribution in [1.82, 2.24) is 4.90 Å². The molecule has 2 heterocycles. The highest BCUT2D eigenvalue weighted by Crippen LogP contribution is 2.30.